The molecule has 1 N–H and O–H groups in total. The standard InChI is InChI=1S/C21H20ClNO4S/c1-4-19(15-6-8-16(22)9-7-15)28(26,27)21-14(3)23(12-20(24)25)18-10-5-13(2)11-17(18)21/h4-11,19H,1,12H2,2-3H3,(H,24,25). The molecule has 7 heteroatoms. The molecule has 0 amide bonds. The minimum absolute atomic E-state index is 0.132. The molecular weight excluding hydrogens is 398 g/mol. The summed E-state index contributed by atoms with van der Waals surface area (Å²) in [5, 5.41) is 9.32. The smallest absolute Gasteiger partial charge is 0.323 e. The summed E-state index contributed by atoms with van der Waals surface area (Å²) in [5.74, 6) is -1.04. The lowest BCUT2D eigenvalue weighted by Gasteiger charge is -2.15. The first kappa shape index (κ1) is 20.2. The van der Waals surface area contributed by atoms with Gasteiger partial charge in [-0.25, -0.2) is 8.42 Å². The number of sulfone groups is 1. The first-order valence-electron chi connectivity index (χ1n) is 8.60. The number of aryl methyl sites for hydroxylation is 1. The van der Waals surface area contributed by atoms with E-state index in [2.05, 4.69) is 6.58 Å². The topological polar surface area (TPSA) is 76.4 Å². The molecule has 0 saturated carbocycles. The average molecular weight is 418 g/mol. The van der Waals surface area contributed by atoms with Gasteiger partial charge in [-0.1, -0.05) is 41.4 Å². The number of benzene rings is 2. The van der Waals surface area contributed by atoms with E-state index in [1.54, 1.807) is 43.3 Å². The third-order valence-electron chi connectivity index (χ3n) is 4.75. The summed E-state index contributed by atoms with van der Waals surface area (Å²) in [7, 11) is -3.88. The van der Waals surface area contributed by atoms with Crippen LogP contribution in [0.25, 0.3) is 10.9 Å². The Morgan fingerprint density at radius 3 is 2.43 bits per heavy atom. The van der Waals surface area contributed by atoms with Crippen LogP contribution in [0.5, 0.6) is 0 Å². The lowest BCUT2D eigenvalue weighted by atomic mass is 10.1. The summed E-state index contributed by atoms with van der Waals surface area (Å²) in [6, 6.07) is 11.9. The molecule has 0 aliphatic carbocycles. The summed E-state index contributed by atoms with van der Waals surface area (Å²) in [4.78, 5) is 11.5. The lowest BCUT2D eigenvalue weighted by molar-refractivity contribution is -0.137. The molecule has 0 spiro atoms. The molecule has 3 aromatic rings. The zero-order chi connectivity index (χ0) is 20.6. The van der Waals surface area contributed by atoms with Crippen molar-refractivity contribution in [3.63, 3.8) is 0 Å². The van der Waals surface area contributed by atoms with Crippen LogP contribution in [0.3, 0.4) is 0 Å². The minimum atomic E-state index is -3.88. The highest BCUT2D eigenvalue weighted by Crippen LogP contribution is 2.38. The number of carboxylic acids is 1. The van der Waals surface area contributed by atoms with Gasteiger partial charge in [0.1, 0.15) is 11.8 Å². The fourth-order valence-electron chi connectivity index (χ4n) is 3.48. The van der Waals surface area contributed by atoms with Crippen molar-refractivity contribution in [1.29, 1.82) is 0 Å². The van der Waals surface area contributed by atoms with E-state index in [1.165, 1.54) is 10.6 Å². The molecule has 0 radical (unpaired) electrons. The van der Waals surface area contributed by atoms with Gasteiger partial charge >= 0.3 is 5.97 Å². The minimum Gasteiger partial charge on any atom is -0.480 e. The second kappa shape index (κ2) is 7.45. The van der Waals surface area contributed by atoms with E-state index in [0.29, 0.717) is 27.2 Å². The monoisotopic (exact) mass is 417 g/mol. The van der Waals surface area contributed by atoms with Crippen LogP contribution in [0.4, 0.5) is 0 Å². The molecule has 146 valence electrons. The van der Waals surface area contributed by atoms with Crippen molar-refractivity contribution in [1.82, 2.24) is 4.57 Å². The van der Waals surface area contributed by atoms with Crippen molar-refractivity contribution >= 4 is 38.3 Å². The number of aromatic nitrogens is 1. The van der Waals surface area contributed by atoms with Crippen LogP contribution < -0.4 is 0 Å². The van der Waals surface area contributed by atoms with Crippen LogP contribution in [-0.4, -0.2) is 24.1 Å². The van der Waals surface area contributed by atoms with Crippen molar-refractivity contribution in [2.45, 2.75) is 30.5 Å². The molecule has 0 aliphatic rings. The molecule has 1 atom stereocenters. The van der Waals surface area contributed by atoms with Crippen molar-refractivity contribution in [3.8, 4) is 0 Å². The van der Waals surface area contributed by atoms with Crippen molar-refractivity contribution in [2.75, 3.05) is 0 Å². The third kappa shape index (κ3) is 3.45. The van der Waals surface area contributed by atoms with E-state index in [0.717, 1.165) is 5.56 Å². The van der Waals surface area contributed by atoms with Crippen molar-refractivity contribution < 1.29 is 18.3 Å². The number of hydrogen-bond acceptors (Lipinski definition) is 3. The molecule has 0 bridgehead atoms. The largest absolute Gasteiger partial charge is 0.480 e. The van der Waals surface area contributed by atoms with Gasteiger partial charge in [0, 0.05) is 16.1 Å². The summed E-state index contributed by atoms with van der Waals surface area (Å²) in [6.07, 6.45) is 1.38. The third-order valence-corrected chi connectivity index (χ3v) is 7.22. The number of rotatable bonds is 6. The molecular formula is C21H20ClNO4S. The predicted octanol–water partition coefficient (Wildman–Crippen LogP) is 4.70. The van der Waals surface area contributed by atoms with Gasteiger partial charge in [0.25, 0.3) is 0 Å². The Bertz CT molecular complexity index is 1180. The molecule has 1 heterocycles. The molecule has 0 aliphatic heterocycles. The zero-order valence-electron chi connectivity index (χ0n) is 15.5. The van der Waals surface area contributed by atoms with Crippen LogP contribution in [0, 0.1) is 13.8 Å². The Morgan fingerprint density at radius 2 is 1.86 bits per heavy atom. The summed E-state index contributed by atoms with van der Waals surface area (Å²) < 4.78 is 28.8. The van der Waals surface area contributed by atoms with Gasteiger partial charge in [0.05, 0.1) is 10.4 Å². The van der Waals surface area contributed by atoms with Crippen LogP contribution in [0.15, 0.2) is 60.0 Å². The number of aliphatic carboxylic acids is 1. The second-order valence-electron chi connectivity index (χ2n) is 6.67. The molecule has 3 rings (SSSR count). The molecule has 28 heavy (non-hydrogen) atoms. The Hall–Kier alpha value is -2.57. The van der Waals surface area contributed by atoms with E-state index in [9.17, 15) is 18.3 Å². The number of hydrogen-bond donors (Lipinski definition) is 1. The predicted molar refractivity (Wildman–Crippen MR) is 111 cm³/mol. The van der Waals surface area contributed by atoms with Gasteiger partial charge in [-0.3, -0.25) is 4.79 Å². The Kier molecular flexibility index (Phi) is 5.37. The fourth-order valence-corrected chi connectivity index (χ4v) is 5.63. The van der Waals surface area contributed by atoms with Crippen LogP contribution in [0.2, 0.25) is 5.02 Å². The first-order valence-corrected chi connectivity index (χ1v) is 10.5. The molecule has 2 aromatic carbocycles. The van der Waals surface area contributed by atoms with Crippen molar-refractivity contribution in [3.05, 3.63) is 77.0 Å². The van der Waals surface area contributed by atoms with Gasteiger partial charge in [-0.2, -0.15) is 0 Å². The molecule has 1 unspecified atom stereocenters. The Labute approximate surface area is 168 Å². The van der Waals surface area contributed by atoms with E-state index in [1.807, 2.05) is 13.0 Å². The maximum absolute atomic E-state index is 13.6. The summed E-state index contributed by atoms with van der Waals surface area (Å²) >= 11 is 5.93. The van der Waals surface area contributed by atoms with Gasteiger partial charge in [0.15, 0.2) is 9.84 Å². The molecule has 0 saturated heterocycles. The molecule has 5 nitrogen and oxygen atoms in total. The van der Waals surface area contributed by atoms with E-state index < -0.39 is 21.1 Å². The van der Waals surface area contributed by atoms with Gasteiger partial charge in [-0.15, -0.1) is 6.58 Å². The van der Waals surface area contributed by atoms with E-state index in [-0.39, 0.29) is 11.4 Å². The van der Waals surface area contributed by atoms with Gasteiger partial charge in [0.2, 0.25) is 0 Å². The summed E-state index contributed by atoms with van der Waals surface area (Å²) in [6.45, 7) is 6.90. The molecule has 1 aromatic heterocycles. The number of carbonyl (C=O) groups is 1. The van der Waals surface area contributed by atoms with Crippen LogP contribution in [0.1, 0.15) is 22.1 Å². The number of halogens is 1. The Morgan fingerprint density at radius 1 is 1.21 bits per heavy atom. The Balaban J connectivity index is 2.30. The fraction of sp³-hybridized carbons (Fsp3) is 0.190. The lowest BCUT2D eigenvalue weighted by Crippen LogP contribution is -2.14. The average Bonchev–Trinajstić information content (AvgIpc) is 2.88. The second-order valence-corrected chi connectivity index (χ2v) is 9.11. The molecule has 0 fully saturated rings. The van der Waals surface area contributed by atoms with Crippen LogP contribution in [-0.2, 0) is 21.2 Å². The van der Waals surface area contributed by atoms with Crippen LogP contribution >= 0.6 is 11.6 Å². The highest BCUT2D eigenvalue weighted by molar-refractivity contribution is 7.92. The van der Waals surface area contributed by atoms with Gasteiger partial charge in [-0.05, 0) is 43.7 Å². The SMILES string of the molecule is C=CC(c1ccc(Cl)cc1)S(=O)(=O)c1c(C)n(CC(=O)O)c2ccc(C)cc12. The quantitative estimate of drug-likeness (QED) is 0.590. The number of carboxylic acid groups (broad SMARTS) is 1. The van der Waals surface area contributed by atoms with E-state index in [4.69, 9.17) is 11.6 Å². The maximum Gasteiger partial charge on any atom is 0.323 e. The van der Waals surface area contributed by atoms with Gasteiger partial charge < -0.3 is 9.67 Å². The van der Waals surface area contributed by atoms with E-state index >= 15 is 0 Å². The maximum atomic E-state index is 13.6. The summed E-state index contributed by atoms with van der Waals surface area (Å²) in [5.41, 5.74) is 2.40. The van der Waals surface area contributed by atoms with Crippen molar-refractivity contribution in [2.24, 2.45) is 0 Å². The highest BCUT2D eigenvalue weighted by atomic mass is 35.5. The zero-order valence-corrected chi connectivity index (χ0v) is 17.1. The first-order chi connectivity index (χ1) is 13.2. The normalized spacial score (nSPS) is 12.8. The highest BCUT2D eigenvalue weighted by Gasteiger charge is 2.32. The number of fused-ring (bicyclic) bond motifs is 1. The number of nitrogens with zero attached hydrogens (tertiary/aromatic N) is 1.